The third kappa shape index (κ3) is 4.26. The molecule has 7 nitrogen and oxygen atoms in total. The number of pyridine rings is 2. The molecule has 1 fully saturated rings. The van der Waals surface area contributed by atoms with E-state index >= 15 is 0 Å². The minimum atomic E-state index is -0.00284. The maximum atomic E-state index is 13.0. The van der Waals surface area contributed by atoms with E-state index in [-0.39, 0.29) is 5.91 Å². The first-order chi connectivity index (χ1) is 17.0. The number of rotatable bonds is 4. The van der Waals surface area contributed by atoms with Gasteiger partial charge in [0.25, 0.3) is 5.91 Å². The number of carbonyl (C=O) groups excluding carboxylic acids is 1. The topological polar surface area (TPSA) is 77.2 Å². The van der Waals surface area contributed by atoms with Gasteiger partial charge >= 0.3 is 0 Å². The first-order valence-corrected chi connectivity index (χ1v) is 12.6. The number of aryl methyl sites for hydroxylation is 1. The number of nitrogens with one attached hydrogen (secondary N) is 2. The van der Waals surface area contributed by atoms with Gasteiger partial charge in [0.05, 0.1) is 26.5 Å². The van der Waals surface area contributed by atoms with Crippen molar-refractivity contribution in [3.05, 3.63) is 72.2 Å². The lowest BCUT2D eigenvalue weighted by atomic mass is 10.2. The largest absolute Gasteiger partial charge is 0.359 e. The van der Waals surface area contributed by atoms with Gasteiger partial charge < -0.3 is 20.1 Å². The number of hydrogen-bond donors (Lipinski definition) is 2. The number of nitrogens with zero attached hydrogens (tertiary/aromatic N) is 4. The van der Waals surface area contributed by atoms with Gasteiger partial charge in [0, 0.05) is 54.7 Å². The van der Waals surface area contributed by atoms with Gasteiger partial charge in [-0.1, -0.05) is 6.07 Å². The zero-order valence-electron chi connectivity index (χ0n) is 19.7. The molecule has 0 radical (unpaired) electrons. The molecule has 5 heterocycles. The van der Waals surface area contributed by atoms with Crippen molar-refractivity contribution in [2.24, 2.45) is 0 Å². The molecule has 0 saturated carbocycles. The fraction of sp³-hybridized carbons (Fsp3) is 0.222. The molecular formula is C27H26N6OS. The number of aromatic amines is 1. The lowest BCUT2D eigenvalue weighted by Crippen LogP contribution is -2.47. The van der Waals surface area contributed by atoms with Gasteiger partial charge in [-0.25, -0.2) is 4.98 Å². The number of carbonyl (C=O) groups is 1. The fourth-order valence-corrected chi connectivity index (χ4v) is 5.59. The SMILES string of the molecule is Cc1cc2cc(Nc3ccnc4cc(-c5cccc(C(=O)N6CCN(C)CC6)n5)sc34)ccc2[nH]1. The van der Waals surface area contributed by atoms with Gasteiger partial charge in [-0.3, -0.25) is 9.78 Å². The summed E-state index contributed by atoms with van der Waals surface area (Å²) in [5, 5.41) is 4.74. The van der Waals surface area contributed by atoms with Gasteiger partial charge in [0.2, 0.25) is 0 Å². The molecule has 0 atom stereocenters. The van der Waals surface area contributed by atoms with Gasteiger partial charge in [-0.05, 0) is 62.5 Å². The monoisotopic (exact) mass is 482 g/mol. The second kappa shape index (κ2) is 8.79. The highest BCUT2D eigenvalue weighted by Crippen LogP contribution is 2.37. The van der Waals surface area contributed by atoms with Crippen LogP contribution < -0.4 is 5.32 Å². The Bertz CT molecular complexity index is 1550. The summed E-state index contributed by atoms with van der Waals surface area (Å²) >= 11 is 1.64. The average Bonchev–Trinajstić information content (AvgIpc) is 3.47. The molecule has 2 N–H and O–H groups in total. The second-order valence-electron chi connectivity index (χ2n) is 9.07. The van der Waals surface area contributed by atoms with Crippen molar-refractivity contribution in [1.82, 2.24) is 24.8 Å². The van der Waals surface area contributed by atoms with Crippen LogP contribution in [0.4, 0.5) is 11.4 Å². The lowest BCUT2D eigenvalue weighted by molar-refractivity contribution is 0.0658. The number of benzene rings is 1. The smallest absolute Gasteiger partial charge is 0.272 e. The number of hydrogen-bond acceptors (Lipinski definition) is 6. The molecule has 0 spiro atoms. The van der Waals surface area contributed by atoms with Crippen LogP contribution in [0.3, 0.4) is 0 Å². The van der Waals surface area contributed by atoms with E-state index in [4.69, 9.17) is 4.98 Å². The Morgan fingerprint density at radius 1 is 1.06 bits per heavy atom. The first kappa shape index (κ1) is 21.8. The molecule has 0 unspecified atom stereocenters. The zero-order chi connectivity index (χ0) is 23.9. The number of amides is 1. The van der Waals surface area contributed by atoms with Crippen molar-refractivity contribution in [1.29, 1.82) is 0 Å². The van der Waals surface area contributed by atoms with E-state index in [0.29, 0.717) is 5.69 Å². The van der Waals surface area contributed by atoms with Crippen molar-refractivity contribution in [3.63, 3.8) is 0 Å². The Kier molecular flexibility index (Phi) is 5.47. The predicted octanol–water partition coefficient (Wildman–Crippen LogP) is 5.28. The van der Waals surface area contributed by atoms with E-state index in [1.165, 1.54) is 5.39 Å². The molecular weight excluding hydrogens is 456 g/mol. The molecule has 8 heteroatoms. The molecule has 176 valence electrons. The molecule has 4 aromatic heterocycles. The predicted molar refractivity (Wildman–Crippen MR) is 143 cm³/mol. The fourth-order valence-electron chi connectivity index (χ4n) is 4.54. The minimum Gasteiger partial charge on any atom is -0.359 e. The maximum absolute atomic E-state index is 13.0. The van der Waals surface area contributed by atoms with Crippen LogP contribution in [0.25, 0.3) is 31.7 Å². The number of piperazine rings is 1. The highest BCUT2D eigenvalue weighted by atomic mass is 32.1. The minimum absolute atomic E-state index is 0.00284. The van der Waals surface area contributed by atoms with Crippen LogP contribution in [-0.4, -0.2) is 63.9 Å². The summed E-state index contributed by atoms with van der Waals surface area (Å²) in [6, 6.07) is 18.2. The Morgan fingerprint density at radius 3 is 2.77 bits per heavy atom. The van der Waals surface area contributed by atoms with Crippen molar-refractivity contribution in [2.75, 3.05) is 38.5 Å². The number of aromatic nitrogens is 3. The Morgan fingerprint density at radius 2 is 1.91 bits per heavy atom. The molecule has 1 aliphatic heterocycles. The van der Waals surface area contributed by atoms with Crippen molar-refractivity contribution in [2.45, 2.75) is 6.92 Å². The molecule has 5 aromatic rings. The highest BCUT2D eigenvalue weighted by molar-refractivity contribution is 7.22. The summed E-state index contributed by atoms with van der Waals surface area (Å²) in [7, 11) is 2.08. The summed E-state index contributed by atoms with van der Waals surface area (Å²) in [4.78, 5) is 30.8. The number of anilines is 2. The van der Waals surface area contributed by atoms with Crippen LogP contribution in [0.15, 0.2) is 60.8 Å². The number of fused-ring (bicyclic) bond motifs is 2. The van der Waals surface area contributed by atoms with Crippen molar-refractivity contribution >= 4 is 49.7 Å². The van der Waals surface area contributed by atoms with E-state index in [1.807, 2.05) is 35.4 Å². The van der Waals surface area contributed by atoms with E-state index in [2.05, 4.69) is 64.5 Å². The number of likely N-dealkylation sites (N-methyl/N-ethyl adjacent to an activating group) is 1. The molecule has 1 amide bonds. The quantitative estimate of drug-likeness (QED) is 0.365. The van der Waals surface area contributed by atoms with Crippen molar-refractivity contribution in [3.8, 4) is 10.6 Å². The Balaban J connectivity index is 1.29. The molecule has 35 heavy (non-hydrogen) atoms. The van der Waals surface area contributed by atoms with Crippen LogP contribution in [-0.2, 0) is 0 Å². The van der Waals surface area contributed by atoms with Crippen molar-refractivity contribution < 1.29 is 4.79 Å². The van der Waals surface area contributed by atoms with Gasteiger partial charge in [-0.2, -0.15) is 0 Å². The standard InChI is InChI=1S/C27H26N6OS/c1-17-14-18-15-19(6-7-20(18)29-17)30-22-8-9-28-24-16-25(35-26(22)24)21-4-3-5-23(31-21)27(34)33-12-10-32(2)11-13-33/h3-9,14-16,29H,10-13H2,1-2H3,(H,28,30). The summed E-state index contributed by atoms with van der Waals surface area (Å²) < 4.78 is 1.06. The van der Waals surface area contributed by atoms with E-state index in [0.717, 1.165) is 69.6 Å². The highest BCUT2D eigenvalue weighted by Gasteiger charge is 2.22. The number of H-pyrrole nitrogens is 1. The average molecular weight is 483 g/mol. The second-order valence-corrected chi connectivity index (χ2v) is 10.1. The molecule has 6 rings (SSSR count). The van der Waals surface area contributed by atoms with Gasteiger partial charge in [0.15, 0.2) is 0 Å². The Labute approximate surface area is 207 Å². The van der Waals surface area contributed by atoms with E-state index in [9.17, 15) is 4.79 Å². The van der Waals surface area contributed by atoms with E-state index < -0.39 is 0 Å². The lowest BCUT2D eigenvalue weighted by Gasteiger charge is -2.32. The molecule has 0 aliphatic carbocycles. The Hall–Kier alpha value is -3.75. The van der Waals surface area contributed by atoms with Crippen LogP contribution in [0, 0.1) is 6.92 Å². The van der Waals surface area contributed by atoms with Crippen LogP contribution in [0.2, 0.25) is 0 Å². The third-order valence-corrected chi connectivity index (χ3v) is 7.64. The van der Waals surface area contributed by atoms with Crippen LogP contribution in [0.1, 0.15) is 16.2 Å². The van der Waals surface area contributed by atoms with Gasteiger partial charge in [0.1, 0.15) is 5.69 Å². The zero-order valence-corrected chi connectivity index (χ0v) is 20.5. The van der Waals surface area contributed by atoms with E-state index in [1.54, 1.807) is 11.3 Å². The summed E-state index contributed by atoms with van der Waals surface area (Å²) in [5.41, 5.74) is 6.50. The third-order valence-electron chi connectivity index (χ3n) is 6.46. The summed E-state index contributed by atoms with van der Waals surface area (Å²) in [6.45, 7) is 5.31. The number of thiophene rings is 1. The molecule has 0 bridgehead atoms. The molecule has 1 aliphatic rings. The van der Waals surface area contributed by atoms with Gasteiger partial charge in [-0.15, -0.1) is 11.3 Å². The molecule has 1 aromatic carbocycles. The van der Waals surface area contributed by atoms with Crippen LogP contribution >= 0.6 is 11.3 Å². The first-order valence-electron chi connectivity index (χ1n) is 11.7. The normalized spacial score (nSPS) is 14.6. The summed E-state index contributed by atoms with van der Waals surface area (Å²) in [5.74, 6) is -0.00284. The summed E-state index contributed by atoms with van der Waals surface area (Å²) in [6.07, 6.45) is 1.82. The molecule has 1 saturated heterocycles. The van der Waals surface area contributed by atoms with Crippen LogP contribution in [0.5, 0.6) is 0 Å². The maximum Gasteiger partial charge on any atom is 0.272 e.